The predicted molar refractivity (Wildman–Crippen MR) is 78.3 cm³/mol. The van der Waals surface area contributed by atoms with E-state index in [1.807, 2.05) is 31.2 Å². The van der Waals surface area contributed by atoms with Gasteiger partial charge in [-0.1, -0.05) is 24.6 Å². The van der Waals surface area contributed by atoms with Crippen molar-refractivity contribution in [3.05, 3.63) is 29.8 Å². The summed E-state index contributed by atoms with van der Waals surface area (Å²) < 4.78 is 0. The van der Waals surface area contributed by atoms with E-state index in [0.717, 1.165) is 31.7 Å². The van der Waals surface area contributed by atoms with E-state index < -0.39 is 0 Å². The number of rotatable bonds is 3. The molecule has 0 radical (unpaired) electrons. The predicted octanol–water partition coefficient (Wildman–Crippen LogP) is 2.36. The smallest absolute Gasteiger partial charge is 0.319 e. The second-order valence-electron chi connectivity index (χ2n) is 5.43. The van der Waals surface area contributed by atoms with Crippen molar-refractivity contribution in [2.24, 2.45) is 11.8 Å². The quantitative estimate of drug-likeness (QED) is 0.782. The Morgan fingerprint density at radius 1 is 1.37 bits per heavy atom. The molecule has 0 aromatic heterocycles. The average Bonchev–Trinajstić information content (AvgIpc) is 2.40. The average molecular weight is 261 g/mol. The topological polar surface area (TPSA) is 53.2 Å². The molecule has 2 unspecified atom stereocenters. The van der Waals surface area contributed by atoms with Crippen LogP contribution in [0.1, 0.15) is 18.9 Å². The molecule has 0 spiro atoms. The number of carbonyl (C=O) groups excluding carboxylic acids is 1. The lowest BCUT2D eigenvalue weighted by atomic mass is 9.88. The molecule has 2 amide bonds. The summed E-state index contributed by atoms with van der Waals surface area (Å²) in [5.74, 6) is 1.19. The van der Waals surface area contributed by atoms with Crippen molar-refractivity contribution in [2.45, 2.75) is 20.3 Å². The molecule has 0 saturated carbocycles. The molecule has 1 aliphatic rings. The van der Waals surface area contributed by atoms with Crippen molar-refractivity contribution in [2.75, 3.05) is 25.0 Å². The van der Waals surface area contributed by atoms with E-state index >= 15 is 0 Å². The van der Waals surface area contributed by atoms with Crippen LogP contribution in [0.15, 0.2) is 24.3 Å². The third-order valence-corrected chi connectivity index (χ3v) is 3.80. The van der Waals surface area contributed by atoms with Crippen LogP contribution in [0.5, 0.6) is 0 Å². The van der Waals surface area contributed by atoms with Gasteiger partial charge >= 0.3 is 6.03 Å². The molecule has 2 rings (SSSR count). The molecule has 0 bridgehead atoms. The second-order valence-corrected chi connectivity index (χ2v) is 5.43. The van der Waals surface area contributed by atoms with E-state index in [1.54, 1.807) is 0 Å². The first-order chi connectivity index (χ1) is 9.15. The lowest BCUT2D eigenvalue weighted by Crippen LogP contribution is -2.42. The number of anilines is 1. The molecule has 0 aliphatic carbocycles. The van der Waals surface area contributed by atoms with E-state index in [4.69, 9.17) is 0 Å². The maximum atomic E-state index is 11.8. The highest BCUT2D eigenvalue weighted by Gasteiger charge is 2.21. The summed E-state index contributed by atoms with van der Waals surface area (Å²) in [6.45, 7) is 7.11. The molecule has 4 nitrogen and oxygen atoms in total. The lowest BCUT2D eigenvalue weighted by Gasteiger charge is -2.29. The van der Waals surface area contributed by atoms with Crippen LogP contribution < -0.4 is 16.0 Å². The van der Waals surface area contributed by atoms with Crippen molar-refractivity contribution in [1.82, 2.24) is 10.6 Å². The van der Waals surface area contributed by atoms with Gasteiger partial charge in [0.1, 0.15) is 0 Å². The Bertz CT molecular complexity index is 416. The van der Waals surface area contributed by atoms with Gasteiger partial charge in [-0.2, -0.15) is 0 Å². The summed E-state index contributed by atoms with van der Waals surface area (Å²) in [6.07, 6.45) is 1.13. The molecule has 1 fully saturated rings. The van der Waals surface area contributed by atoms with Gasteiger partial charge in [0.15, 0.2) is 0 Å². The Hall–Kier alpha value is -1.55. The number of carbonyl (C=O) groups is 1. The van der Waals surface area contributed by atoms with Gasteiger partial charge in [-0.15, -0.1) is 0 Å². The summed E-state index contributed by atoms with van der Waals surface area (Å²) in [6, 6.07) is 7.70. The maximum absolute atomic E-state index is 11.8. The summed E-state index contributed by atoms with van der Waals surface area (Å²) in [5.41, 5.74) is 2.02. The minimum atomic E-state index is -0.116. The SMILES string of the molecule is Cc1ccc(NC(=O)NCC2CCNCC2C)cc1. The summed E-state index contributed by atoms with van der Waals surface area (Å²) in [7, 11) is 0. The summed E-state index contributed by atoms with van der Waals surface area (Å²) >= 11 is 0. The minimum absolute atomic E-state index is 0.116. The lowest BCUT2D eigenvalue weighted by molar-refractivity contribution is 0.237. The maximum Gasteiger partial charge on any atom is 0.319 e. The van der Waals surface area contributed by atoms with Crippen LogP contribution in [0.3, 0.4) is 0 Å². The largest absolute Gasteiger partial charge is 0.338 e. The molecule has 4 heteroatoms. The third kappa shape index (κ3) is 4.24. The molecular formula is C15H23N3O. The number of benzene rings is 1. The fourth-order valence-electron chi connectivity index (χ4n) is 2.41. The molecule has 104 valence electrons. The Morgan fingerprint density at radius 3 is 2.79 bits per heavy atom. The van der Waals surface area contributed by atoms with E-state index in [-0.39, 0.29) is 6.03 Å². The number of piperidine rings is 1. The van der Waals surface area contributed by atoms with Gasteiger partial charge in [0, 0.05) is 12.2 Å². The highest BCUT2D eigenvalue weighted by Crippen LogP contribution is 2.17. The van der Waals surface area contributed by atoms with E-state index in [0.29, 0.717) is 11.8 Å². The fourth-order valence-corrected chi connectivity index (χ4v) is 2.41. The van der Waals surface area contributed by atoms with Gasteiger partial charge < -0.3 is 16.0 Å². The third-order valence-electron chi connectivity index (χ3n) is 3.80. The zero-order chi connectivity index (χ0) is 13.7. The van der Waals surface area contributed by atoms with Gasteiger partial charge in [-0.25, -0.2) is 4.79 Å². The van der Waals surface area contributed by atoms with E-state index in [9.17, 15) is 4.79 Å². The first-order valence-corrected chi connectivity index (χ1v) is 6.97. The van der Waals surface area contributed by atoms with Crippen LogP contribution >= 0.6 is 0 Å². The normalized spacial score (nSPS) is 22.8. The Labute approximate surface area is 115 Å². The number of nitrogens with one attached hydrogen (secondary N) is 3. The summed E-state index contributed by atoms with van der Waals surface area (Å²) in [5, 5.41) is 9.19. The highest BCUT2D eigenvalue weighted by atomic mass is 16.2. The van der Waals surface area contributed by atoms with Crippen LogP contribution in [0, 0.1) is 18.8 Å². The molecule has 1 saturated heterocycles. The molecule has 1 aromatic rings. The summed E-state index contributed by atoms with van der Waals surface area (Å²) in [4.78, 5) is 11.8. The molecular weight excluding hydrogens is 238 g/mol. The van der Waals surface area contributed by atoms with Crippen LogP contribution in [0.2, 0.25) is 0 Å². The number of hydrogen-bond donors (Lipinski definition) is 3. The monoisotopic (exact) mass is 261 g/mol. The number of aryl methyl sites for hydroxylation is 1. The number of hydrogen-bond acceptors (Lipinski definition) is 2. The van der Waals surface area contributed by atoms with Gasteiger partial charge in [0.25, 0.3) is 0 Å². The van der Waals surface area contributed by atoms with Crippen molar-refractivity contribution in [3.8, 4) is 0 Å². The van der Waals surface area contributed by atoms with Gasteiger partial charge in [0.05, 0.1) is 0 Å². The van der Waals surface area contributed by atoms with Crippen molar-refractivity contribution in [1.29, 1.82) is 0 Å². The Balaban J connectivity index is 1.76. The molecule has 2 atom stereocenters. The Morgan fingerprint density at radius 2 is 2.11 bits per heavy atom. The molecule has 19 heavy (non-hydrogen) atoms. The minimum Gasteiger partial charge on any atom is -0.338 e. The van der Waals surface area contributed by atoms with Crippen LogP contribution in [0.4, 0.5) is 10.5 Å². The second kappa shape index (κ2) is 6.57. The molecule has 1 aliphatic heterocycles. The van der Waals surface area contributed by atoms with Crippen molar-refractivity contribution >= 4 is 11.7 Å². The van der Waals surface area contributed by atoms with Crippen LogP contribution in [-0.4, -0.2) is 25.7 Å². The zero-order valence-electron chi connectivity index (χ0n) is 11.7. The molecule has 1 aromatic carbocycles. The van der Waals surface area contributed by atoms with Crippen LogP contribution in [0.25, 0.3) is 0 Å². The van der Waals surface area contributed by atoms with Gasteiger partial charge in [-0.05, 0) is 50.4 Å². The van der Waals surface area contributed by atoms with E-state index in [1.165, 1.54) is 5.56 Å². The molecule has 1 heterocycles. The van der Waals surface area contributed by atoms with Crippen LogP contribution in [-0.2, 0) is 0 Å². The standard InChI is InChI=1S/C15H23N3O/c1-11-3-5-14(6-4-11)18-15(19)17-10-13-7-8-16-9-12(13)2/h3-6,12-13,16H,7-10H2,1-2H3,(H2,17,18,19). The number of urea groups is 1. The first kappa shape index (κ1) is 13.9. The van der Waals surface area contributed by atoms with Crippen molar-refractivity contribution < 1.29 is 4.79 Å². The number of amides is 2. The zero-order valence-corrected chi connectivity index (χ0v) is 11.7. The Kier molecular flexibility index (Phi) is 4.80. The van der Waals surface area contributed by atoms with Crippen molar-refractivity contribution in [3.63, 3.8) is 0 Å². The fraction of sp³-hybridized carbons (Fsp3) is 0.533. The molecule has 3 N–H and O–H groups in total. The first-order valence-electron chi connectivity index (χ1n) is 6.97. The van der Waals surface area contributed by atoms with E-state index in [2.05, 4.69) is 22.9 Å². The highest BCUT2D eigenvalue weighted by molar-refractivity contribution is 5.89. The van der Waals surface area contributed by atoms with Gasteiger partial charge in [-0.3, -0.25) is 0 Å². The van der Waals surface area contributed by atoms with Gasteiger partial charge in [0.2, 0.25) is 0 Å².